The van der Waals surface area contributed by atoms with Gasteiger partial charge >= 0.3 is 5.97 Å². The largest absolute Gasteiger partial charge is 0.463 e. The van der Waals surface area contributed by atoms with Crippen LogP contribution < -0.4 is 5.32 Å². The van der Waals surface area contributed by atoms with Crippen molar-refractivity contribution in [3.05, 3.63) is 11.6 Å². The number of carbonyl (C=O) groups excluding carboxylic acids is 3. The van der Waals surface area contributed by atoms with Crippen LogP contribution in [0.15, 0.2) is 11.6 Å². The molecule has 1 saturated heterocycles. The molecule has 1 rings (SSSR count). The van der Waals surface area contributed by atoms with Crippen molar-refractivity contribution in [3.8, 4) is 0 Å². The predicted molar refractivity (Wildman–Crippen MR) is 128 cm³/mol. The van der Waals surface area contributed by atoms with E-state index >= 15 is 0 Å². The van der Waals surface area contributed by atoms with Crippen LogP contribution >= 0.6 is 0 Å². The molecule has 3 atom stereocenters. The van der Waals surface area contributed by atoms with Gasteiger partial charge in [0, 0.05) is 12.6 Å². The number of hydrogen-bond acceptors (Lipinski definition) is 5. The molecule has 1 N–H and O–H groups in total. The fourth-order valence-corrected chi connectivity index (χ4v) is 4.22. The first-order valence-electron chi connectivity index (χ1n) is 12.0. The lowest BCUT2D eigenvalue weighted by molar-refractivity contribution is -0.142. The highest BCUT2D eigenvalue weighted by Crippen LogP contribution is 2.25. The first-order valence-corrected chi connectivity index (χ1v) is 12.0. The molecule has 0 spiro atoms. The lowest BCUT2D eigenvalue weighted by atomic mass is 9.84. The zero-order valence-electron chi connectivity index (χ0n) is 21.7. The molecule has 0 aliphatic carbocycles. The molecule has 7 nitrogen and oxygen atoms in total. The number of hydrogen-bond donors (Lipinski definition) is 1. The summed E-state index contributed by atoms with van der Waals surface area (Å²) in [6, 6.07) is -1.16. The summed E-state index contributed by atoms with van der Waals surface area (Å²) < 4.78 is 5.09. The monoisotopic (exact) mass is 451 g/mol. The number of rotatable bonds is 9. The van der Waals surface area contributed by atoms with Crippen molar-refractivity contribution in [3.63, 3.8) is 0 Å². The molecule has 0 aromatic heterocycles. The fourth-order valence-electron chi connectivity index (χ4n) is 4.22. The molecule has 2 amide bonds. The Hall–Kier alpha value is -1.89. The summed E-state index contributed by atoms with van der Waals surface area (Å²) in [5.74, 6) is -0.529. The Labute approximate surface area is 194 Å². The molecule has 1 aliphatic heterocycles. The fraction of sp³-hybridized carbons (Fsp3) is 0.800. The third-order valence-corrected chi connectivity index (χ3v) is 6.22. The summed E-state index contributed by atoms with van der Waals surface area (Å²) in [6.07, 6.45) is 4.74. The first kappa shape index (κ1) is 28.1. The summed E-state index contributed by atoms with van der Waals surface area (Å²) in [6.45, 7) is 17.5. The van der Waals surface area contributed by atoms with Gasteiger partial charge in [0.25, 0.3) is 0 Å². The van der Waals surface area contributed by atoms with Gasteiger partial charge in [0.05, 0.1) is 18.7 Å². The second kappa shape index (κ2) is 12.4. The predicted octanol–water partition coefficient (Wildman–Crippen LogP) is 3.38. The number of piperidine rings is 1. The number of nitrogens with one attached hydrogen (secondary N) is 1. The van der Waals surface area contributed by atoms with Crippen molar-refractivity contribution in [2.45, 2.75) is 92.8 Å². The third-order valence-electron chi connectivity index (χ3n) is 6.22. The van der Waals surface area contributed by atoms with Gasteiger partial charge in [-0.05, 0) is 51.1 Å². The number of ether oxygens (including phenoxy) is 1. The Bertz CT molecular complexity index is 681. The Kier molecular flexibility index (Phi) is 10.9. The Morgan fingerprint density at radius 1 is 1.19 bits per heavy atom. The van der Waals surface area contributed by atoms with E-state index in [0.29, 0.717) is 12.2 Å². The molecule has 32 heavy (non-hydrogen) atoms. The lowest BCUT2D eigenvalue weighted by Gasteiger charge is -2.39. The molecule has 0 aromatic carbocycles. The molecule has 1 aliphatic rings. The zero-order chi connectivity index (χ0) is 24.6. The summed E-state index contributed by atoms with van der Waals surface area (Å²) in [5.41, 5.74) is 0.0102. The third kappa shape index (κ3) is 7.61. The zero-order valence-corrected chi connectivity index (χ0v) is 21.7. The average Bonchev–Trinajstić information content (AvgIpc) is 2.73. The number of carbonyl (C=O) groups is 3. The van der Waals surface area contributed by atoms with Gasteiger partial charge in [-0.2, -0.15) is 0 Å². The van der Waals surface area contributed by atoms with Gasteiger partial charge in [0.1, 0.15) is 6.04 Å². The van der Waals surface area contributed by atoms with E-state index in [9.17, 15) is 14.4 Å². The number of nitrogens with zero attached hydrogens (tertiary/aromatic N) is 2. The molecule has 184 valence electrons. The minimum Gasteiger partial charge on any atom is -0.463 e. The van der Waals surface area contributed by atoms with Crippen molar-refractivity contribution in [1.82, 2.24) is 15.1 Å². The molecular formula is C25H45N3O4. The Morgan fingerprint density at radius 2 is 1.81 bits per heavy atom. The van der Waals surface area contributed by atoms with Crippen molar-refractivity contribution < 1.29 is 19.1 Å². The van der Waals surface area contributed by atoms with Crippen LogP contribution in [0.1, 0.15) is 74.7 Å². The molecule has 1 fully saturated rings. The van der Waals surface area contributed by atoms with E-state index in [-0.39, 0.29) is 35.8 Å². The maximum atomic E-state index is 13.6. The van der Waals surface area contributed by atoms with E-state index in [1.165, 1.54) is 0 Å². The molecule has 0 bridgehead atoms. The smallest absolute Gasteiger partial charge is 0.333 e. The lowest BCUT2D eigenvalue weighted by Crippen LogP contribution is -2.60. The molecule has 7 heteroatoms. The molecule has 0 saturated carbocycles. The summed E-state index contributed by atoms with van der Waals surface area (Å²) in [5, 5.41) is 3.08. The number of esters is 1. The van der Waals surface area contributed by atoms with E-state index in [1.54, 1.807) is 31.9 Å². The standard InChI is InChI=1S/C25H45N3O4/c1-10-28-15-13-12-14-19(28)22(29)26-21(25(6,7)8)23(30)27(9)20(17(3)4)16-18(5)24(31)32-11-2/h16-17,19-21H,10-15H2,1-9H3,(H,26,29)/t19-,20?,21-/m1/s1. The molecule has 0 aromatic rings. The SMILES string of the molecule is CCOC(=O)C(C)=CC(C(C)C)N(C)C(=O)[C@@H](NC(=O)[C@H]1CCCCN1CC)C(C)(C)C. The minimum atomic E-state index is -0.668. The Balaban J connectivity index is 3.12. The molecule has 1 heterocycles. The van der Waals surface area contributed by atoms with Crippen LogP contribution in [0.5, 0.6) is 0 Å². The highest BCUT2D eigenvalue weighted by atomic mass is 16.5. The maximum absolute atomic E-state index is 13.6. The van der Waals surface area contributed by atoms with E-state index < -0.39 is 11.5 Å². The maximum Gasteiger partial charge on any atom is 0.333 e. The van der Waals surface area contributed by atoms with Gasteiger partial charge in [-0.3, -0.25) is 14.5 Å². The van der Waals surface area contributed by atoms with Crippen molar-refractivity contribution in [1.29, 1.82) is 0 Å². The van der Waals surface area contributed by atoms with Gasteiger partial charge in [-0.1, -0.05) is 54.0 Å². The minimum absolute atomic E-state index is 0.0763. The molecular weight excluding hydrogens is 406 g/mol. The van der Waals surface area contributed by atoms with Crippen molar-refractivity contribution in [2.75, 3.05) is 26.7 Å². The van der Waals surface area contributed by atoms with Crippen LogP contribution in [0.3, 0.4) is 0 Å². The van der Waals surface area contributed by atoms with Gasteiger partial charge in [-0.25, -0.2) is 4.79 Å². The summed E-state index contributed by atoms with van der Waals surface area (Å²) in [7, 11) is 1.74. The summed E-state index contributed by atoms with van der Waals surface area (Å²) >= 11 is 0. The van der Waals surface area contributed by atoms with Crippen molar-refractivity contribution >= 4 is 17.8 Å². The topological polar surface area (TPSA) is 79.0 Å². The second-order valence-electron chi connectivity index (χ2n) is 10.2. The van der Waals surface area contributed by atoms with Crippen LogP contribution in [0.25, 0.3) is 0 Å². The highest BCUT2D eigenvalue weighted by molar-refractivity contribution is 5.91. The van der Waals surface area contributed by atoms with Gasteiger partial charge in [0.2, 0.25) is 11.8 Å². The second-order valence-corrected chi connectivity index (χ2v) is 10.2. The van der Waals surface area contributed by atoms with E-state index in [2.05, 4.69) is 17.1 Å². The van der Waals surface area contributed by atoms with Crippen LogP contribution in [-0.2, 0) is 19.1 Å². The molecule has 0 radical (unpaired) electrons. The van der Waals surface area contributed by atoms with E-state index in [4.69, 9.17) is 4.74 Å². The Morgan fingerprint density at radius 3 is 2.31 bits per heavy atom. The van der Waals surface area contributed by atoms with Gasteiger partial charge in [0.15, 0.2) is 0 Å². The van der Waals surface area contributed by atoms with Gasteiger partial charge < -0.3 is 15.0 Å². The average molecular weight is 452 g/mol. The van der Waals surface area contributed by atoms with E-state index in [0.717, 1.165) is 32.4 Å². The van der Waals surface area contributed by atoms with Gasteiger partial charge in [-0.15, -0.1) is 0 Å². The van der Waals surface area contributed by atoms with Crippen LogP contribution in [-0.4, -0.2) is 72.5 Å². The van der Waals surface area contributed by atoms with Crippen LogP contribution in [0.2, 0.25) is 0 Å². The highest BCUT2D eigenvalue weighted by Gasteiger charge is 2.39. The quantitative estimate of drug-likeness (QED) is 0.429. The number of likely N-dealkylation sites (N-methyl/N-ethyl adjacent to an activating group) is 2. The molecule has 1 unspecified atom stereocenters. The van der Waals surface area contributed by atoms with E-state index in [1.807, 2.05) is 34.6 Å². The first-order chi connectivity index (χ1) is 14.8. The van der Waals surface area contributed by atoms with Crippen LogP contribution in [0, 0.1) is 11.3 Å². The van der Waals surface area contributed by atoms with Crippen LogP contribution in [0.4, 0.5) is 0 Å². The summed E-state index contributed by atoms with van der Waals surface area (Å²) in [4.78, 5) is 42.8. The van der Waals surface area contributed by atoms with Crippen molar-refractivity contribution in [2.24, 2.45) is 11.3 Å². The number of likely N-dealkylation sites (tertiary alicyclic amines) is 1. The normalized spacial score (nSPS) is 19.9. The number of amides is 2.